The Balaban J connectivity index is 2.30. The Hall–Kier alpha value is -2.44. The lowest BCUT2D eigenvalue weighted by molar-refractivity contribution is -0.117. The standard InChI is InChI=1S/C14H15N3O5S/c1-22-14(19)10-2-3-12(11(5-10)6-15)17-7-9(4-13(17)18)8-23(16,20)21/h2-3,5,9H,4,7-8H2,1H3,(H2,16,20,21). The van der Waals surface area contributed by atoms with Gasteiger partial charge in [0.05, 0.1) is 29.7 Å². The van der Waals surface area contributed by atoms with Crippen LogP contribution in [-0.4, -0.2) is 39.7 Å². The van der Waals surface area contributed by atoms with Gasteiger partial charge in [0.2, 0.25) is 15.9 Å². The van der Waals surface area contributed by atoms with Crippen molar-refractivity contribution in [2.45, 2.75) is 6.42 Å². The average Bonchev–Trinajstić information content (AvgIpc) is 2.83. The minimum atomic E-state index is -3.68. The summed E-state index contributed by atoms with van der Waals surface area (Å²) >= 11 is 0. The Morgan fingerprint density at radius 2 is 2.22 bits per heavy atom. The van der Waals surface area contributed by atoms with E-state index >= 15 is 0 Å². The highest BCUT2D eigenvalue weighted by atomic mass is 32.2. The fourth-order valence-electron chi connectivity index (χ4n) is 2.56. The molecule has 1 aromatic carbocycles. The maximum absolute atomic E-state index is 12.1. The number of anilines is 1. The summed E-state index contributed by atoms with van der Waals surface area (Å²) in [5, 5.41) is 14.2. The van der Waals surface area contributed by atoms with Crippen molar-refractivity contribution < 1.29 is 22.7 Å². The largest absolute Gasteiger partial charge is 0.465 e. The van der Waals surface area contributed by atoms with Crippen molar-refractivity contribution in [2.75, 3.05) is 24.3 Å². The molecule has 122 valence electrons. The molecule has 1 aliphatic rings. The van der Waals surface area contributed by atoms with Gasteiger partial charge in [0.1, 0.15) is 6.07 Å². The second-order valence-corrected chi connectivity index (χ2v) is 6.90. The third-order valence-electron chi connectivity index (χ3n) is 3.50. The number of amides is 1. The Morgan fingerprint density at radius 1 is 1.52 bits per heavy atom. The number of esters is 1. The van der Waals surface area contributed by atoms with Crippen LogP contribution in [0, 0.1) is 17.2 Å². The SMILES string of the molecule is COC(=O)c1ccc(N2CC(CS(N)(=O)=O)CC2=O)c(C#N)c1. The fraction of sp³-hybridized carbons (Fsp3) is 0.357. The zero-order valence-electron chi connectivity index (χ0n) is 12.4. The fourth-order valence-corrected chi connectivity index (χ4v) is 3.44. The summed E-state index contributed by atoms with van der Waals surface area (Å²) in [5.41, 5.74) is 0.667. The van der Waals surface area contributed by atoms with E-state index in [0.717, 1.165) is 0 Å². The van der Waals surface area contributed by atoms with Crippen LogP contribution in [0.2, 0.25) is 0 Å². The number of hydrogen-bond acceptors (Lipinski definition) is 6. The van der Waals surface area contributed by atoms with Gasteiger partial charge < -0.3 is 9.64 Å². The molecule has 1 atom stereocenters. The Kier molecular flexibility index (Phi) is 4.68. The molecule has 0 aromatic heterocycles. The van der Waals surface area contributed by atoms with E-state index in [0.29, 0.717) is 5.69 Å². The quantitative estimate of drug-likeness (QED) is 0.769. The maximum Gasteiger partial charge on any atom is 0.337 e. The van der Waals surface area contributed by atoms with Crippen molar-refractivity contribution in [1.82, 2.24) is 0 Å². The Bertz CT molecular complexity index is 797. The van der Waals surface area contributed by atoms with Gasteiger partial charge in [-0.25, -0.2) is 18.4 Å². The summed E-state index contributed by atoms with van der Waals surface area (Å²) in [6, 6.07) is 6.19. The van der Waals surface area contributed by atoms with Crippen LogP contribution in [0.1, 0.15) is 22.3 Å². The summed E-state index contributed by atoms with van der Waals surface area (Å²) in [4.78, 5) is 24.9. The van der Waals surface area contributed by atoms with Gasteiger partial charge in [-0.3, -0.25) is 4.79 Å². The summed E-state index contributed by atoms with van der Waals surface area (Å²) in [5.74, 6) is -1.60. The van der Waals surface area contributed by atoms with E-state index in [9.17, 15) is 23.3 Å². The predicted octanol–water partition coefficient (Wildman–Crippen LogP) is -0.0137. The Morgan fingerprint density at radius 3 is 2.78 bits per heavy atom. The van der Waals surface area contributed by atoms with Crippen LogP contribution >= 0.6 is 0 Å². The van der Waals surface area contributed by atoms with Crippen LogP contribution in [0.25, 0.3) is 0 Å². The number of nitriles is 1. The number of carbonyl (C=O) groups is 2. The van der Waals surface area contributed by atoms with Crippen LogP contribution in [0.5, 0.6) is 0 Å². The van der Waals surface area contributed by atoms with E-state index in [1.165, 1.54) is 30.2 Å². The van der Waals surface area contributed by atoms with Gasteiger partial charge in [-0.1, -0.05) is 0 Å². The molecule has 1 fully saturated rings. The highest BCUT2D eigenvalue weighted by Gasteiger charge is 2.34. The normalized spacial score (nSPS) is 17.9. The monoisotopic (exact) mass is 337 g/mol. The number of hydrogen-bond donors (Lipinski definition) is 1. The van der Waals surface area contributed by atoms with E-state index in [-0.39, 0.29) is 35.8 Å². The molecule has 0 bridgehead atoms. The summed E-state index contributed by atoms with van der Waals surface area (Å²) < 4.78 is 26.9. The average molecular weight is 337 g/mol. The van der Waals surface area contributed by atoms with Crippen LogP contribution in [0.3, 0.4) is 0 Å². The van der Waals surface area contributed by atoms with Crippen molar-refractivity contribution in [2.24, 2.45) is 11.1 Å². The zero-order chi connectivity index (χ0) is 17.2. The molecule has 1 unspecified atom stereocenters. The molecule has 0 aliphatic carbocycles. The van der Waals surface area contributed by atoms with Crippen LogP contribution < -0.4 is 10.0 Å². The third-order valence-corrected chi connectivity index (χ3v) is 4.44. The molecule has 1 amide bonds. The molecule has 0 spiro atoms. The van der Waals surface area contributed by atoms with Gasteiger partial charge in [-0.05, 0) is 18.2 Å². The molecule has 8 nitrogen and oxygen atoms in total. The van der Waals surface area contributed by atoms with Gasteiger partial charge >= 0.3 is 5.97 Å². The number of carbonyl (C=O) groups excluding carboxylic acids is 2. The van der Waals surface area contributed by atoms with E-state index in [2.05, 4.69) is 4.74 Å². The lowest BCUT2D eigenvalue weighted by atomic mass is 10.1. The van der Waals surface area contributed by atoms with Crippen molar-refractivity contribution in [3.63, 3.8) is 0 Å². The number of rotatable bonds is 4. The second kappa shape index (κ2) is 6.36. The number of ether oxygens (including phenoxy) is 1. The van der Waals surface area contributed by atoms with Gasteiger partial charge in [-0.15, -0.1) is 0 Å². The third kappa shape index (κ3) is 3.85. The summed E-state index contributed by atoms with van der Waals surface area (Å²) in [7, 11) is -2.45. The summed E-state index contributed by atoms with van der Waals surface area (Å²) in [6.45, 7) is 0.154. The number of methoxy groups -OCH3 is 1. The van der Waals surface area contributed by atoms with Gasteiger partial charge in [-0.2, -0.15) is 5.26 Å². The molecule has 2 N–H and O–H groups in total. The first-order valence-electron chi connectivity index (χ1n) is 6.68. The molecular weight excluding hydrogens is 322 g/mol. The smallest absolute Gasteiger partial charge is 0.337 e. The van der Waals surface area contributed by atoms with Crippen molar-refractivity contribution in [1.29, 1.82) is 5.26 Å². The van der Waals surface area contributed by atoms with Crippen molar-refractivity contribution in [3.05, 3.63) is 29.3 Å². The molecule has 23 heavy (non-hydrogen) atoms. The van der Waals surface area contributed by atoms with E-state index < -0.39 is 21.9 Å². The van der Waals surface area contributed by atoms with Crippen LogP contribution in [0.4, 0.5) is 5.69 Å². The molecule has 2 rings (SSSR count). The van der Waals surface area contributed by atoms with Gasteiger partial charge in [0.25, 0.3) is 0 Å². The number of nitrogens with two attached hydrogens (primary N) is 1. The van der Waals surface area contributed by atoms with Crippen LogP contribution in [0.15, 0.2) is 18.2 Å². The minimum absolute atomic E-state index is 0.0417. The maximum atomic E-state index is 12.1. The van der Waals surface area contributed by atoms with E-state index in [1.54, 1.807) is 0 Å². The minimum Gasteiger partial charge on any atom is -0.465 e. The van der Waals surface area contributed by atoms with Gasteiger partial charge in [0.15, 0.2) is 0 Å². The van der Waals surface area contributed by atoms with E-state index in [1.807, 2.05) is 6.07 Å². The molecule has 0 saturated carbocycles. The molecule has 9 heteroatoms. The molecule has 1 saturated heterocycles. The lowest BCUT2D eigenvalue weighted by Crippen LogP contribution is -2.28. The highest BCUT2D eigenvalue weighted by Crippen LogP contribution is 2.29. The molecule has 1 aromatic rings. The molecular formula is C14H15N3O5S. The topological polar surface area (TPSA) is 131 Å². The highest BCUT2D eigenvalue weighted by molar-refractivity contribution is 7.89. The first-order valence-corrected chi connectivity index (χ1v) is 8.40. The van der Waals surface area contributed by atoms with Gasteiger partial charge in [0, 0.05) is 18.9 Å². The van der Waals surface area contributed by atoms with Crippen molar-refractivity contribution >= 4 is 27.6 Å². The molecule has 1 aliphatic heterocycles. The molecule has 0 radical (unpaired) electrons. The number of primary sulfonamides is 1. The summed E-state index contributed by atoms with van der Waals surface area (Å²) in [6.07, 6.45) is 0.0417. The second-order valence-electron chi connectivity index (χ2n) is 5.24. The lowest BCUT2D eigenvalue weighted by Gasteiger charge is -2.18. The van der Waals surface area contributed by atoms with E-state index in [4.69, 9.17) is 5.14 Å². The first kappa shape index (κ1) is 16.9. The number of benzene rings is 1. The first-order chi connectivity index (χ1) is 10.7. The van der Waals surface area contributed by atoms with Crippen molar-refractivity contribution in [3.8, 4) is 6.07 Å². The number of sulfonamides is 1. The van der Waals surface area contributed by atoms with Crippen LogP contribution in [-0.2, 0) is 19.6 Å². The predicted molar refractivity (Wildman–Crippen MR) is 80.9 cm³/mol. The number of nitrogens with zero attached hydrogens (tertiary/aromatic N) is 2. The molecule has 1 heterocycles. The Labute approximate surface area is 133 Å². The zero-order valence-corrected chi connectivity index (χ0v) is 13.2.